The van der Waals surface area contributed by atoms with Crippen molar-refractivity contribution < 1.29 is 4.79 Å². The van der Waals surface area contributed by atoms with Crippen LogP contribution in [-0.4, -0.2) is 40.3 Å². The molecule has 1 aromatic carbocycles. The molecule has 8 heteroatoms. The van der Waals surface area contributed by atoms with Crippen molar-refractivity contribution in [2.45, 2.75) is 13.3 Å². The minimum atomic E-state index is -0.142. The van der Waals surface area contributed by atoms with Gasteiger partial charge in [-0.05, 0) is 25.1 Å². The van der Waals surface area contributed by atoms with Crippen molar-refractivity contribution in [3.63, 3.8) is 0 Å². The molecule has 0 aliphatic heterocycles. The minimum Gasteiger partial charge on any atom is -0.349 e. The first kappa shape index (κ1) is 20.1. The predicted octanol–water partition coefficient (Wildman–Crippen LogP) is 3.15. The maximum Gasteiger partial charge on any atom is 0.270 e. The standard InChI is InChI=1S/C18H21N5OS.ClH/c1-2-8-19-9-10-20-17(24)16-13-25-18(22-16)14-11-21-23(12-14)15-6-4-3-5-7-15;/h3-7,11-13,19H,2,8-10H2,1H3,(H,20,24);1H. The number of nitrogens with zero attached hydrogens (tertiary/aromatic N) is 3. The second kappa shape index (κ2) is 10.1. The molecule has 0 aliphatic rings. The van der Waals surface area contributed by atoms with E-state index in [9.17, 15) is 4.79 Å². The zero-order chi connectivity index (χ0) is 17.5. The number of halogens is 1. The Morgan fingerprint density at radius 1 is 1.19 bits per heavy atom. The molecule has 2 heterocycles. The molecule has 3 aromatic rings. The normalized spacial score (nSPS) is 10.3. The average molecular weight is 392 g/mol. The number of hydrogen-bond acceptors (Lipinski definition) is 5. The molecular weight excluding hydrogens is 370 g/mol. The van der Waals surface area contributed by atoms with E-state index in [0.717, 1.165) is 35.8 Å². The largest absolute Gasteiger partial charge is 0.349 e. The Bertz CT molecular complexity index is 818. The summed E-state index contributed by atoms with van der Waals surface area (Å²) in [5.41, 5.74) is 2.34. The van der Waals surface area contributed by atoms with Gasteiger partial charge in [-0.1, -0.05) is 25.1 Å². The van der Waals surface area contributed by atoms with Gasteiger partial charge in [0.1, 0.15) is 10.7 Å². The topological polar surface area (TPSA) is 71.8 Å². The van der Waals surface area contributed by atoms with E-state index in [0.29, 0.717) is 12.2 Å². The third kappa shape index (κ3) is 5.14. The fourth-order valence-corrected chi connectivity index (χ4v) is 3.10. The van der Waals surface area contributed by atoms with Crippen molar-refractivity contribution in [2.24, 2.45) is 0 Å². The lowest BCUT2D eigenvalue weighted by Crippen LogP contribution is -2.32. The van der Waals surface area contributed by atoms with Gasteiger partial charge >= 0.3 is 0 Å². The molecule has 0 fully saturated rings. The SMILES string of the molecule is CCCNCCNC(=O)c1csc(-c2cnn(-c3ccccc3)c2)n1.Cl. The Balaban J connectivity index is 0.00000243. The smallest absolute Gasteiger partial charge is 0.270 e. The molecule has 0 saturated carbocycles. The van der Waals surface area contributed by atoms with Gasteiger partial charge in [0.05, 0.1) is 11.9 Å². The van der Waals surface area contributed by atoms with E-state index in [1.54, 1.807) is 16.3 Å². The van der Waals surface area contributed by atoms with Gasteiger partial charge in [-0.25, -0.2) is 9.67 Å². The van der Waals surface area contributed by atoms with Gasteiger partial charge in [-0.3, -0.25) is 4.79 Å². The Hall–Kier alpha value is -2.22. The molecule has 6 nitrogen and oxygen atoms in total. The van der Waals surface area contributed by atoms with Crippen LogP contribution in [0.15, 0.2) is 48.1 Å². The number of amides is 1. The first-order chi connectivity index (χ1) is 12.3. The number of rotatable bonds is 8. The molecule has 2 N–H and O–H groups in total. The lowest BCUT2D eigenvalue weighted by atomic mass is 10.3. The molecule has 0 bridgehead atoms. The summed E-state index contributed by atoms with van der Waals surface area (Å²) >= 11 is 1.45. The highest BCUT2D eigenvalue weighted by Gasteiger charge is 2.13. The van der Waals surface area contributed by atoms with Crippen LogP contribution in [0.4, 0.5) is 0 Å². The number of benzene rings is 1. The number of para-hydroxylation sites is 1. The second-order valence-electron chi connectivity index (χ2n) is 5.55. The van der Waals surface area contributed by atoms with Crippen LogP contribution in [0.3, 0.4) is 0 Å². The first-order valence-corrected chi connectivity index (χ1v) is 9.21. The Morgan fingerprint density at radius 2 is 2.00 bits per heavy atom. The Labute approximate surface area is 163 Å². The molecule has 0 aliphatic carbocycles. The molecule has 1 amide bonds. The molecule has 3 rings (SSSR count). The molecule has 0 atom stereocenters. The zero-order valence-electron chi connectivity index (χ0n) is 14.5. The van der Waals surface area contributed by atoms with Crippen LogP contribution < -0.4 is 10.6 Å². The van der Waals surface area contributed by atoms with Crippen molar-refractivity contribution in [3.05, 3.63) is 53.8 Å². The van der Waals surface area contributed by atoms with Crippen molar-refractivity contribution in [1.82, 2.24) is 25.4 Å². The van der Waals surface area contributed by atoms with E-state index < -0.39 is 0 Å². The second-order valence-corrected chi connectivity index (χ2v) is 6.41. The fourth-order valence-electron chi connectivity index (χ4n) is 2.32. The number of carbonyl (C=O) groups excluding carboxylic acids is 1. The summed E-state index contributed by atoms with van der Waals surface area (Å²) in [5, 5.41) is 13.1. The summed E-state index contributed by atoms with van der Waals surface area (Å²) in [6.45, 7) is 4.43. The first-order valence-electron chi connectivity index (χ1n) is 8.33. The fraction of sp³-hybridized carbons (Fsp3) is 0.278. The van der Waals surface area contributed by atoms with Crippen LogP contribution in [0.2, 0.25) is 0 Å². The van der Waals surface area contributed by atoms with E-state index in [1.165, 1.54) is 11.3 Å². The van der Waals surface area contributed by atoms with E-state index in [2.05, 4.69) is 27.6 Å². The highest BCUT2D eigenvalue weighted by atomic mass is 35.5. The number of carbonyl (C=O) groups is 1. The van der Waals surface area contributed by atoms with Gasteiger partial charge < -0.3 is 10.6 Å². The summed E-state index contributed by atoms with van der Waals surface area (Å²) in [6, 6.07) is 9.89. The minimum absolute atomic E-state index is 0. The van der Waals surface area contributed by atoms with Crippen molar-refractivity contribution in [3.8, 4) is 16.3 Å². The van der Waals surface area contributed by atoms with Crippen LogP contribution in [0, 0.1) is 0 Å². The van der Waals surface area contributed by atoms with Gasteiger partial charge in [0.2, 0.25) is 0 Å². The molecule has 138 valence electrons. The summed E-state index contributed by atoms with van der Waals surface area (Å²) in [4.78, 5) is 16.6. The lowest BCUT2D eigenvalue weighted by molar-refractivity contribution is 0.0949. The maximum absolute atomic E-state index is 12.1. The highest BCUT2D eigenvalue weighted by molar-refractivity contribution is 7.13. The quantitative estimate of drug-likeness (QED) is 0.578. The molecule has 0 saturated heterocycles. The van der Waals surface area contributed by atoms with E-state index in [4.69, 9.17) is 0 Å². The van der Waals surface area contributed by atoms with Crippen molar-refractivity contribution in [1.29, 1.82) is 0 Å². The summed E-state index contributed by atoms with van der Waals surface area (Å²) < 4.78 is 1.80. The number of aromatic nitrogens is 3. The van der Waals surface area contributed by atoms with Crippen molar-refractivity contribution in [2.75, 3.05) is 19.6 Å². The zero-order valence-corrected chi connectivity index (χ0v) is 16.1. The summed E-state index contributed by atoms with van der Waals surface area (Å²) in [5.74, 6) is -0.142. The van der Waals surface area contributed by atoms with Crippen LogP contribution in [0.25, 0.3) is 16.3 Å². The molecule has 0 spiro atoms. The maximum atomic E-state index is 12.1. The highest BCUT2D eigenvalue weighted by Crippen LogP contribution is 2.24. The van der Waals surface area contributed by atoms with Crippen molar-refractivity contribution >= 4 is 29.7 Å². The molecule has 2 aromatic heterocycles. The van der Waals surface area contributed by atoms with Crippen LogP contribution in [-0.2, 0) is 0 Å². The number of hydrogen-bond donors (Lipinski definition) is 2. The van der Waals surface area contributed by atoms with Gasteiger partial charge in [0.25, 0.3) is 5.91 Å². The third-order valence-electron chi connectivity index (χ3n) is 3.60. The Kier molecular flexibility index (Phi) is 7.77. The van der Waals surface area contributed by atoms with Gasteiger partial charge in [-0.15, -0.1) is 23.7 Å². The van der Waals surface area contributed by atoms with Gasteiger partial charge in [0, 0.05) is 30.2 Å². The molecule has 0 unspecified atom stereocenters. The van der Waals surface area contributed by atoms with Gasteiger partial charge in [-0.2, -0.15) is 5.10 Å². The molecule has 26 heavy (non-hydrogen) atoms. The summed E-state index contributed by atoms with van der Waals surface area (Å²) in [7, 11) is 0. The molecule has 0 radical (unpaired) electrons. The lowest BCUT2D eigenvalue weighted by Gasteiger charge is -2.04. The van der Waals surface area contributed by atoms with Crippen LogP contribution in [0.5, 0.6) is 0 Å². The van der Waals surface area contributed by atoms with Gasteiger partial charge in [0.15, 0.2) is 0 Å². The summed E-state index contributed by atoms with van der Waals surface area (Å²) in [6.07, 6.45) is 4.77. The monoisotopic (exact) mass is 391 g/mol. The predicted molar refractivity (Wildman–Crippen MR) is 107 cm³/mol. The third-order valence-corrected chi connectivity index (χ3v) is 4.49. The Morgan fingerprint density at radius 3 is 2.77 bits per heavy atom. The van der Waals surface area contributed by atoms with E-state index in [-0.39, 0.29) is 18.3 Å². The number of nitrogens with one attached hydrogen (secondary N) is 2. The molecular formula is C18H22ClN5OS. The van der Waals surface area contributed by atoms with E-state index >= 15 is 0 Å². The van der Waals surface area contributed by atoms with Crippen LogP contribution in [0.1, 0.15) is 23.8 Å². The average Bonchev–Trinajstić information content (AvgIpc) is 3.31. The van der Waals surface area contributed by atoms with Crippen LogP contribution >= 0.6 is 23.7 Å². The van der Waals surface area contributed by atoms with E-state index in [1.807, 2.05) is 36.5 Å². The number of thiazole rings is 1.